The van der Waals surface area contributed by atoms with Crippen LogP contribution in [0.25, 0.3) is 0 Å². The molecule has 1 saturated heterocycles. The lowest BCUT2D eigenvalue weighted by molar-refractivity contribution is -0.150. The number of rotatable bonds is 14. The van der Waals surface area contributed by atoms with Gasteiger partial charge in [-0.05, 0) is 55.0 Å². The Morgan fingerprint density at radius 1 is 1.20 bits per heavy atom. The molecule has 19 nitrogen and oxygen atoms in total. The maximum Gasteiger partial charge on any atom is 0.407 e. The Kier molecular flexibility index (Phi) is 11.3. The average Bonchev–Trinajstić information content (AvgIpc) is 3.52. The molecule has 0 radical (unpaired) electrons. The summed E-state index contributed by atoms with van der Waals surface area (Å²) in [6.07, 6.45) is 1.12. The van der Waals surface area contributed by atoms with E-state index in [0.717, 1.165) is 4.90 Å². The number of carbonyl (C=O) groups excluding carboxylic acids is 4. The molecule has 3 aromatic rings. The number of nitrogens with zero attached hydrogens (tertiary/aromatic N) is 8. The maximum atomic E-state index is 13.5. The molecule has 4 N–H and O–H groups in total. The molecule has 1 fully saturated rings. The van der Waals surface area contributed by atoms with Crippen molar-refractivity contribution >= 4 is 65.3 Å². The Hall–Kier alpha value is -5.57. The molecule has 2 aliphatic heterocycles. The molecule has 262 valence electrons. The van der Waals surface area contributed by atoms with Gasteiger partial charge in [-0.15, -0.1) is 16.9 Å². The third-order valence-electron chi connectivity index (χ3n) is 6.68. The highest BCUT2D eigenvalue weighted by Gasteiger charge is 2.54. The predicted octanol–water partition coefficient (Wildman–Crippen LogP) is 0.870. The Bertz CT molecular complexity index is 1830. The van der Waals surface area contributed by atoms with Gasteiger partial charge < -0.3 is 30.6 Å². The molecule has 1 unspecified atom stereocenters. The van der Waals surface area contributed by atoms with Crippen molar-refractivity contribution in [3.63, 3.8) is 0 Å². The largest absolute Gasteiger partial charge is 0.477 e. The third-order valence-corrected chi connectivity index (χ3v) is 9.06. The summed E-state index contributed by atoms with van der Waals surface area (Å²) < 4.78 is 6.67. The molecule has 0 bridgehead atoms. The number of para-hydroxylation sites is 1. The first-order chi connectivity index (χ1) is 23.9. The lowest BCUT2D eigenvalue weighted by Gasteiger charge is -2.49. The van der Waals surface area contributed by atoms with Crippen LogP contribution in [0.15, 0.2) is 64.2 Å². The van der Waals surface area contributed by atoms with E-state index in [1.165, 1.54) is 40.5 Å². The molecule has 21 heteroatoms. The first-order valence-electron chi connectivity index (χ1n) is 14.9. The Balaban J connectivity index is 1.26. The summed E-state index contributed by atoms with van der Waals surface area (Å²) in [4.78, 5) is 77.0. The minimum atomic E-state index is -1.31. The smallest absolute Gasteiger partial charge is 0.407 e. The third kappa shape index (κ3) is 8.71. The number of nitrogens with one attached hydrogen (secondary N) is 3. The SMILES string of the molecule is CC(C)(C)OC(=O)NCCn1nnnc1SCC1=C(C(=O)O)N2C(=O)C(NC(=O)C(=NOc3ccccc3)c3nccc(NC=O)n3)[C@@H]2SC1. The van der Waals surface area contributed by atoms with Crippen molar-refractivity contribution in [2.45, 2.75) is 49.5 Å². The first-order valence-corrected chi connectivity index (χ1v) is 16.9. The van der Waals surface area contributed by atoms with Crippen LogP contribution in [0.3, 0.4) is 0 Å². The summed E-state index contributed by atoms with van der Waals surface area (Å²) in [6.45, 7) is 5.66. The number of alkyl carbamates (subject to hydrolysis) is 1. The average molecular weight is 726 g/mol. The maximum absolute atomic E-state index is 13.5. The van der Waals surface area contributed by atoms with Gasteiger partial charge >= 0.3 is 12.1 Å². The topological polar surface area (TPSA) is 245 Å². The fraction of sp³-hybridized carbons (Fsp3) is 0.345. The molecule has 2 aliphatic rings. The van der Waals surface area contributed by atoms with Crippen molar-refractivity contribution in [1.29, 1.82) is 0 Å². The normalized spacial score (nSPS) is 17.3. The molecule has 4 heterocycles. The number of β-lactam (4-membered cyclic amide) rings is 1. The molecule has 50 heavy (non-hydrogen) atoms. The summed E-state index contributed by atoms with van der Waals surface area (Å²) in [6, 6.07) is 8.68. The quantitative estimate of drug-likeness (QED) is 0.0592. The zero-order valence-corrected chi connectivity index (χ0v) is 28.4. The Morgan fingerprint density at radius 2 is 1.98 bits per heavy atom. The second-order valence-corrected chi connectivity index (χ2v) is 13.4. The van der Waals surface area contributed by atoms with Crippen molar-refractivity contribution in [3.05, 3.63) is 59.7 Å². The van der Waals surface area contributed by atoms with E-state index >= 15 is 0 Å². The van der Waals surface area contributed by atoms with Crippen LogP contribution in [0, 0.1) is 0 Å². The van der Waals surface area contributed by atoms with E-state index < -0.39 is 40.9 Å². The van der Waals surface area contributed by atoms with Gasteiger partial charge in [0.2, 0.25) is 17.3 Å². The van der Waals surface area contributed by atoms with Crippen LogP contribution < -0.4 is 20.8 Å². The zero-order chi connectivity index (χ0) is 35.8. The van der Waals surface area contributed by atoms with Crippen LogP contribution in [0.1, 0.15) is 26.6 Å². The van der Waals surface area contributed by atoms with Gasteiger partial charge in [-0.25, -0.2) is 24.2 Å². The number of thioether (sulfide) groups is 2. The lowest BCUT2D eigenvalue weighted by Crippen LogP contribution is -2.71. The lowest BCUT2D eigenvalue weighted by atomic mass is 10.0. The van der Waals surface area contributed by atoms with Crippen LogP contribution >= 0.6 is 23.5 Å². The van der Waals surface area contributed by atoms with Gasteiger partial charge in [-0.2, -0.15) is 0 Å². The molecule has 0 spiro atoms. The van der Waals surface area contributed by atoms with Crippen LogP contribution in [-0.2, 0) is 30.5 Å². The summed E-state index contributed by atoms with van der Waals surface area (Å²) >= 11 is 2.44. The van der Waals surface area contributed by atoms with Gasteiger partial charge in [0.1, 0.15) is 28.5 Å². The highest BCUT2D eigenvalue weighted by molar-refractivity contribution is 8.01. The second kappa shape index (κ2) is 15.8. The van der Waals surface area contributed by atoms with Gasteiger partial charge in [-0.3, -0.25) is 19.3 Å². The number of hydrogen-bond donors (Lipinski definition) is 4. The Labute approximate surface area is 292 Å². The second-order valence-electron chi connectivity index (χ2n) is 11.4. The molecule has 0 aliphatic carbocycles. The molecule has 1 aromatic carbocycles. The number of tetrazole rings is 1. The number of benzene rings is 1. The summed E-state index contributed by atoms with van der Waals surface area (Å²) in [5, 5.41) is 32.9. The Morgan fingerprint density at radius 3 is 2.70 bits per heavy atom. The van der Waals surface area contributed by atoms with Gasteiger partial charge in [0.25, 0.3) is 11.8 Å². The van der Waals surface area contributed by atoms with E-state index in [1.807, 2.05) is 0 Å². The highest BCUT2D eigenvalue weighted by atomic mass is 32.2. The number of fused-ring (bicyclic) bond motifs is 1. The van der Waals surface area contributed by atoms with Crippen molar-refractivity contribution in [3.8, 4) is 5.75 Å². The number of aliphatic carboxylic acids is 1. The molecular weight excluding hydrogens is 695 g/mol. The van der Waals surface area contributed by atoms with Crippen molar-refractivity contribution in [2.75, 3.05) is 23.4 Å². The fourth-order valence-corrected chi connectivity index (χ4v) is 6.94. The van der Waals surface area contributed by atoms with Gasteiger partial charge in [0.05, 0.1) is 6.54 Å². The van der Waals surface area contributed by atoms with Gasteiger partial charge in [0, 0.05) is 24.2 Å². The molecule has 5 rings (SSSR count). The van der Waals surface area contributed by atoms with Crippen LogP contribution in [0.5, 0.6) is 5.75 Å². The monoisotopic (exact) mass is 725 g/mol. The molecule has 0 saturated carbocycles. The number of carboxylic acid groups (broad SMARTS) is 1. The van der Waals surface area contributed by atoms with Gasteiger partial charge in [0.15, 0.2) is 11.6 Å². The number of oxime groups is 1. The van der Waals surface area contributed by atoms with E-state index in [2.05, 4.69) is 46.6 Å². The van der Waals surface area contributed by atoms with Crippen molar-refractivity contribution in [2.24, 2.45) is 5.16 Å². The number of aromatic nitrogens is 6. The van der Waals surface area contributed by atoms with Crippen molar-refractivity contribution in [1.82, 2.24) is 45.7 Å². The number of amides is 4. The summed E-state index contributed by atoms with van der Waals surface area (Å²) in [5.41, 5.74) is -0.780. The summed E-state index contributed by atoms with van der Waals surface area (Å²) in [7, 11) is 0. The van der Waals surface area contributed by atoms with E-state index in [-0.39, 0.29) is 47.6 Å². The van der Waals surface area contributed by atoms with Crippen LogP contribution in [-0.4, -0.2) is 111 Å². The van der Waals surface area contributed by atoms with Crippen molar-refractivity contribution < 1.29 is 38.7 Å². The van der Waals surface area contributed by atoms with E-state index in [1.54, 1.807) is 51.1 Å². The van der Waals surface area contributed by atoms with Crippen LogP contribution in [0.2, 0.25) is 0 Å². The molecule has 2 aromatic heterocycles. The van der Waals surface area contributed by atoms with E-state index in [9.17, 15) is 29.1 Å². The minimum Gasteiger partial charge on any atom is -0.477 e. The first kappa shape index (κ1) is 35.7. The number of anilines is 1. The van der Waals surface area contributed by atoms with E-state index in [4.69, 9.17) is 9.57 Å². The highest BCUT2D eigenvalue weighted by Crippen LogP contribution is 2.41. The zero-order valence-electron chi connectivity index (χ0n) is 26.8. The van der Waals surface area contributed by atoms with E-state index in [0.29, 0.717) is 22.9 Å². The minimum absolute atomic E-state index is 0.0899. The number of carbonyl (C=O) groups is 5. The molecule has 4 amide bonds. The molecular formula is C29H31N11O8S2. The fourth-order valence-electron chi connectivity index (χ4n) is 4.55. The van der Waals surface area contributed by atoms with Crippen LogP contribution in [0.4, 0.5) is 10.6 Å². The van der Waals surface area contributed by atoms with Gasteiger partial charge in [-0.1, -0.05) is 35.1 Å². The standard InChI is InChI=1S/C29H31N11O8S2/c1-29(2,3)47-28(46)31-11-12-39-27(35-37-38-39)50-14-16-13-49-25-20(24(43)40(25)21(16)26(44)45)34-23(42)19(36-48-17-7-5-4-6-8-17)22-30-10-9-18(33-22)32-15-41/h4-10,15,20,25H,11-14H2,1-3H3,(H,31,46)(H,34,42)(H,44,45)(H,30,32,33,41)/t20?,25-/m0/s1. The number of hydrogen-bond acceptors (Lipinski definition) is 15. The predicted molar refractivity (Wildman–Crippen MR) is 178 cm³/mol. The molecule has 2 atom stereocenters. The number of ether oxygens (including phenoxy) is 1. The summed E-state index contributed by atoms with van der Waals surface area (Å²) in [5.74, 6) is -2.23. The number of carboxylic acids is 1.